The summed E-state index contributed by atoms with van der Waals surface area (Å²) >= 11 is 0. The zero-order chi connectivity index (χ0) is 10.8. The maximum absolute atomic E-state index is 8.89. The number of rotatable bonds is 1. The molecule has 0 aliphatic heterocycles. The van der Waals surface area contributed by atoms with Crippen molar-refractivity contribution in [3.05, 3.63) is 23.4 Å². The molecule has 1 heterocycles. The first-order valence-electron chi connectivity index (χ1n) is 4.11. The van der Waals surface area contributed by atoms with Gasteiger partial charge in [-0.25, -0.2) is 4.98 Å². The SMILES string of the molecule is C[N+](C)(C)c1ncc(C#N)cc1C#N. The van der Waals surface area contributed by atoms with Gasteiger partial charge in [0.2, 0.25) is 5.82 Å². The molecular weight excluding hydrogens is 176 g/mol. The normalized spacial score (nSPS) is 10.4. The standard InChI is InChI=1S/C10H11N4/c1-14(2,3)10-9(6-12)4-8(5-11)7-13-10/h4,7H,1-3H3/q+1. The summed E-state index contributed by atoms with van der Waals surface area (Å²) in [5.74, 6) is 0.673. The highest BCUT2D eigenvalue weighted by molar-refractivity contribution is 5.53. The van der Waals surface area contributed by atoms with Crippen LogP contribution in [-0.2, 0) is 0 Å². The molecule has 0 amide bonds. The molecule has 1 rings (SSSR count). The summed E-state index contributed by atoms with van der Waals surface area (Å²) in [6, 6.07) is 5.57. The second kappa shape index (κ2) is 3.45. The molecule has 14 heavy (non-hydrogen) atoms. The minimum atomic E-state index is 0.416. The van der Waals surface area contributed by atoms with E-state index < -0.39 is 0 Å². The van der Waals surface area contributed by atoms with Gasteiger partial charge in [-0.3, -0.25) is 4.48 Å². The smallest absolute Gasteiger partial charge is 0.245 e. The summed E-state index contributed by atoms with van der Waals surface area (Å²) in [7, 11) is 5.78. The Balaban J connectivity index is 3.37. The van der Waals surface area contributed by atoms with E-state index in [0.717, 1.165) is 0 Å². The van der Waals surface area contributed by atoms with E-state index >= 15 is 0 Å². The average molecular weight is 187 g/mol. The fourth-order valence-electron chi connectivity index (χ4n) is 1.14. The third-order valence-corrected chi connectivity index (χ3v) is 1.75. The van der Waals surface area contributed by atoms with Crippen molar-refractivity contribution < 1.29 is 0 Å². The third-order valence-electron chi connectivity index (χ3n) is 1.75. The maximum Gasteiger partial charge on any atom is 0.245 e. The second-order valence-corrected chi connectivity index (χ2v) is 3.83. The molecule has 0 aliphatic carbocycles. The second-order valence-electron chi connectivity index (χ2n) is 3.83. The predicted octanol–water partition coefficient (Wildman–Crippen LogP) is 1.02. The largest absolute Gasteiger partial charge is 0.281 e. The van der Waals surface area contributed by atoms with Crippen molar-refractivity contribution in [1.82, 2.24) is 9.47 Å². The molecule has 0 fully saturated rings. The Bertz CT molecular complexity index is 429. The van der Waals surface area contributed by atoms with Crippen LogP contribution in [0.2, 0.25) is 0 Å². The molecule has 0 aliphatic rings. The Hall–Kier alpha value is -1.91. The van der Waals surface area contributed by atoms with Gasteiger partial charge in [-0.1, -0.05) is 0 Å². The number of pyridine rings is 1. The molecule has 4 heteroatoms. The first kappa shape index (κ1) is 10.2. The number of nitriles is 2. The lowest BCUT2D eigenvalue weighted by Gasteiger charge is -2.22. The monoisotopic (exact) mass is 187 g/mol. The van der Waals surface area contributed by atoms with Gasteiger partial charge in [0.25, 0.3) is 0 Å². The molecule has 1 aromatic rings. The minimum Gasteiger partial charge on any atom is -0.281 e. The van der Waals surface area contributed by atoms with E-state index in [9.17, 15) is 0 Å². The average Bonchev–Trinajstić information content (AvgIpc) is 2.15. The molecule has 70 valence electrons. The van der Waals surface area contributed by atoms with Gasteiger partial charge in [0.05, 0.1) is 32.9 Å². The van der Waals surface area contributed by atoms with Gasteiger partial charge in [-0.2, -0.15) is 10.5 Å². The Labute approximate surface area is 83.2 Å². The minimum absolute atomic E-state index is 0.416. The van der Waals surface area contributed by atoms with Crippen molar-refractivity contribution in [2.75, 3.05) is 21.1 Å². The Kier molecular flexibility index (Phi) is 2.51. The predicted molar refractivity (Wildman–Crippen MR) is 53.2 cm³/mol. The maximum atomic E-state index is 8.89. The van der Waals surface area contributed by atoms with Crippen LogP contribution in [-0.4, -0.2) is 26.1 Å². The summed E-state index contributed by atoms with van der Waals surface area (Å²) in [6.45, 7) is 0. The molecular formula is C10H11N4+. The summed E-state index contributed by atoms with van der Waals surface area (Å²) in [5.41, 5.74) is 0.871. The lowest BCUT2D eigenvalue weighted by Crippen LogP contribution is -2.36. The fourth-order valence-corrected chi connectivity index (χ4v) is 1.14. The quantitative estimate of drug-likeness (QED) is 0.617. The Morgan fingerprint density at radius 3 is 2.29 bits per heavy atom. The molecule has 4 nitrogen and oxygen atoms in total. The van der Waals surface area contributed by atoms with Crippen molar-refractivity contribution >= 4 is 5.82 Å². The van der Waals surface area contributed by atoms with Crippen LogP contribution in [0, 0.1) is 22.7 Å². The van der Waals surface area contributed by atoms with Gasteiger partial charge in [0.15, 0.2) is 0 Å². The number of nitrogens with zero attached hydrogens (tertiary/aromatic N) is 4. The van der Waals surface area contributed by atoms with E-state index in [4.69, 9.17) is 10.5 Å². The van der Waals surface area contributed by atoms with Crippen LogP contribution in [0.3, 0.4) is 0 Å². The molecule has 0 unspecified atom stereocenters. The van der Waals surface area contributed by atoms with Crippen molar-refractivity contribution in [3.8, 4) is 12.1 Å². The first-order chi connectivity index (χ1) is 6.49. The van der Waals surface area contributed by atoms with Gasteiger partial charge in [-0.05, 0) is 6.07 Å². The van der Waals surface area contributed by atoms with Gasteiger partial charge in [0.1, 0.15) is 17.7 Å². The summed E-state index contributed by atoms with van der Waals surface area (Å²) < 4.78 is 0.467. The third kappa shape index (κ3) is 1.87. The molecule has 0 spiro atoms. The number of quaternary nitrogens is 1. The topological polar surface area (TPSA) is 60.5 Å². The molecule has 0 radical (unpaired) electrons. The van der Waals surface area contributed by atoms with Crippen molar-refractivity contribution in [1.29, 1.82) is 10.5 Å². The zero-order valence-corrected chi connectivity index (χ0v) is 8.44. The van der Waals surface area contributed by atoms with Crippen LogP contribution < -0.4 is 4.48 Å². The first-order valence-corrected chi connectivity index (χ1v) is 4.11. The molecule has 0 bridgehead atoms. The van der Waals surface area contributed by atoms with Crippen LogP contribution >= 0.6 is 0 Å². The molecule has 0 aromatic carbocycles. The van der Waals surface area contributed by atoms with Gasteiger partial charge in [-0.15, -0.1) is 0 Å². The zero-order valence-electron chi connectivity index (χ0n) is 8.44. The van der Waals surface area contributed by atoms with Crippen LogP contribution in [0.4, 0.5) is 5.82 Å². The van der Waals surface area contributed by atoms with E-state index in [2.05, 4.69) is 4.98 Å². The van der Waals surface area contributed by atoms with Crippen molar-refractivity contribution in [3.63, 3.8) is 0 Å². The molecule has 0 saturated heterocycles. The summed E-state index contributed by atoms with van der Waals surface area (Å²) in [5, 5.41) is 17.5. The highest BCUT2D eigenvalue weighted by atomic mass is 15.3. The van der Waals surface area contributed by atoms with Gasteiger partial charge in [0, 0.05) is 0 Å². The number of aromatic nitrogens is 1. The highest BCUT2D eigenvalue weighted by Crippen LogP contribution is 2.19. The Morgan fingerprint density at radius 2 is 1.86 bits per heavy atom. The number of hydrogen-bond acceptors (Lipinski definition) is 3. The van der Waals surface area contributed by atoms with Crippen LogP contribution in [0.25, 0.3) is 0 Å². The van der Waals surface area contributed by atoms with Gasteiger partial charge >= 0.3 is 0 Å². The fraction of sp³-hybridized carbons (Fsp3) is 0.300. The van der Waals surface area contributed by atoms with E-state index in [0.29, 0.717) is 21.4 Å². The van der Waals surface area contributed by atoms with E-state index in [1.807, 2.05) is 33.3 Å². The molecule has 0 N–H and O–H groups in total. The van der Waals surface area contributed by atoms with E-state index in [1.165, 1.54) is 6.20 Å². The van der Waals surface area contributed by atoms with E-state index in [-0.39, 0.29) is 0 Å². The van der Waals surface area contributed by atoms with Crippen LogP contribution in [0.1, 0.15) is 11.1 Å². The van der Waals surface area contributed by atoms with Crippen LogP contribution in [0.15, 0.2) is 12.3 Å². The van der Waals surface area contributed by atoms with Crippen molar-refractivity contribution in [2.24, 2.45) is 0 Å². The van der Waals surface area contributed by atoms with E-state index in [1.54, 1.807) is 6.07 Å². The number of hydrogen-bond donors (Lipinski definition) is 0. The highest BCUT2D eigenvalue weighted by Gasteiger charge is 2.19. The Morgan fingerprint density at radius 1 is 1.21 bits per heavy atom. The lowest BCUT2D eigenvalue weighted by atomic mass is 10.2. The summed E-state index contributed by atoms with van der Waals surface area (Å²) in [4.78, 5) is 4.12. The van der Waals surface area contributed by atoms with Crippen LogP contribution in [0.5, 0.6) is 0 Å². The van der Waals surface area contributed by atoms with Crippen molar-refractivity contribution in [2.45, 2.75) is 0 Å². The van der Waals surface area contributed by atoms with Gasteiger partial charge < -0.3 is 0 Å². The summed E-state index contributed by atoms with van der Waals surface area (Å²) in [6.07, 6.45) is 1.49. The molecule has 1 aromatic heterocycles. The lowest BCUT2D eigenvalue weighted by molar-refractivity contribution is 0.472. The molecule has 0 atom stereocenters. The molecule has 0 saturated carbocycles.